The molecule has 0 N–H and O–H groups in total. The van der Waals surface area contributed by atoms with Gasteiger partial charge in [0.1, 0.15) is 0 Å². The van der Waals surface area contributed by atoms with Gasteiger partial charge in [-0.15, -0.1) is 0 Å². The molecule has 0 spiro atoms. The van der Waals surface area contributed by atoms with Gasteiger partial charge in [0.05, 0.1) is 0 Å². The summed E-state index contributed by atoms with van der Waals surface area (Å²) < 4.78 is 0. The molecule has 0 bridgehead atoms. The van der Waals surface area contributed by atoms with Crippen molar-refractivity contribution in [3.8, 4) is 0 Å². The van der Waals surface area contributed by atoms with Crippen molar-refractivity contribution in [2.75, 3.05) is 5.33 Å². The van der Waals surface area contributed by atoms with Crippen LogP contribution in [0.15, 0.2) is 12.2 Å². The maximum atomic E-state index is 3.44. The SMILES string of the molecule is CCCCCC/C=C\CCCCBr. The molecule has 0 rings (SSSR count). The lowest BCUT2D eigenvalue weighted by atomic mass is 10.1. The maximum absolute atomic E-state index is 3.44. The van der Waals surface area contributed by atoms with Gasteiger partial charge < -0.3 is 0 Å². The Morgan fingerprint density at radius 3 is 2.00 bits per heavy atom. The van der Waals surface area contributed by atoms with Crippen LogP contribution in [-0.2, 0) is 0 Å². The van der Waals surface area contributed by atoms with Gasteiger partial charge in [0, 0.05) is 5.33 Å². The van der Waals surface area contributed by atoms with Crippen molar-refractivity contribution in [1.29, 1.82) is 0 Å². The number of hydrogen-bond donors (Lipinski definition) is 0. The van der Waals surface area contributed by atoms with E-state index < -0.39 is 0 Å². The quantitative estimate of drug-likeness (QED) is 0.303. The monoisotopic (exact) mass is 246 g/mol. The van der Waals surface area contributed by atoms with E-state index in [1.807, 2.05) is 0 Å². The summed E-state index contributed by atoms with van der Waals surface area (Å²) in [4.78, 5) is 0. The molecule has 0 radical (unpaired) electrons. The highest BCUT2D eigenvalue weighted by atomic mass is 79.9. The van der Waals surface area contributed by atoms with E-state index in [0.29, 0.717) is 0 Å². The summed E-state index contributed by atoms with van der Waals surface area (Å²) in [6.07, 6.45) is 15.4. The summed E-state index contributed by atoms with van der Waals surface area (Å²) in [5.74, 6) is 0. The summed E-state index contributed by atoms with van der Waals surface area (Å²) in [5.41, 5.74) is 0. The summed E-state index contributed by atoms with van der Waals surface area (Å²) in [5, 5.41) is 1.15. The average molecular weight is 247 g/mol. The first-order valence-corrected chi connectivity index (χ1v) is 6.75. The second-order valence-electron chi connectivity index (χ2n) is 3.51. The summed E-state index contributed by atoms with van der Waals surface area (Å²) in [7, 11) is 0. The van der Waals surface area contributed by atoms with E-state index >= 15 is 0 Å². The zero-order valence-electron chi connectivity index (χ0n) is 8.90. The molecule has 0 fully saturated rings. The van der Waals surface area contributed by atoms with E-state index in [0.717, 1.165) is 5.33 Å². The van der Waals surface area contributed by atoms with E-state index in [9.17, 15) is 0 Å². The third kappa shape index (κ3) is 12.2. The fourth-order valence-electron chi connectivity index (χ4n) is 1.28. The molecule has 13 heavy (non-hydrogen) atoms. The molecule has 0 amide bonds. The Balaban J connectivity index is 2.95. The zero-order chi connectivity index (χ0) is 9.78. The molecule has 78 valence electrons. The van der Waals surface area contributed by atoms with Crippen LogP contribution >= 0.6 is 15.9 Å². The van der Waals surface area contributed by atoms with Crippen molar-refractivity contribution in [2.24, 2.45) is 0 Å². The van der Waals surface area contributed by atoms with Crippen LogP contribution in [0, 0.1) is 0 Å². The molecule has 0 nitrogen and oxygen atoms in total. The van der Waals surface area contributed by atoms with E-state index in [1.165, 1.54) is 51.4 Å². The van der Waals surface area contributed by atoms with Gasteiger partial charge in [-0.25, -0.2) is 0 Å². The van der Waals surface area contributed by atoms with Gasteiger partial charge in [-0.1, -0.05) is 54.3 Å². The molecular formula is C12H23Br. The molecule has 0 aliphatic rings. The second-order valence-corrected chi connectivity index (χ2v) is 4.30. The number of halogens is 1. The van der Waals surface area contributed by atoms with Gasteiger partial charge in [0.2, 0.25) is 0 Å². The summed E-state index contributed by atoms with van der Waals surface area (Å²) in [6.45, 7) is 2.26. The minimum Gasteiger partial charge on any atom is -0.0928 e. The lowest BCUT2D eigenvalue weighted by molar-refractivity contribution is 0.673. The molecule has 0 aromatic heterocycles. The Labute approximate surface area is 91.9 Å². The van der Waals surface area contributed by atoms with Crippen LogP contribution in [0.1, 0.15) is 58.3 Å². The molecule has 0 aliphatic heterocycles. The zero-order valence-corrected chi connectivity index (χ0v) is 10.5. The lowest BCUT2D eigenvalue weighted by Gasteiger charge is -1.94. The van der Waals surface area contributed by atoms with Gasteiger partial charge in [-0.2, -0.15) is 0 Å². The molecule has 0 aromatic rings. The molecule has 0 saturated carbocycles. The number of rotatable bonds is 9. The Bertz CT molecular complexity index is 108. The average Bonchev–Trinajstić information content (AvgIpc) is 2.16. The van der Waals surface area contributed by atoms with E-state index in [2.05, 4.69) is 35.0 Å². The van der Waals surface area contributed by atoms with E-state index in [-0.39, 0.29) is 0 Å². The molecule has 1 heteroatoms. The van der Waals surface area contributed by atoms with Crippen molar-refractivity contribution in [1.82, 2.24) is 0 Å². The highest BCUT2D eigenvalue weighted by Crippen LogP contribution is 2.04. The van der Waals surface area contributed by atoms with E-state index in [1.54, 1.807) is 0 Å². The van der Waals surface area contributed by atoms with E-state index in [4.69, 9.17) is 0 Å². The highest BCUT2D eigenvalue weighted by Gasteiger charge is 1.85. The maximum Gasteiger partial charge on any atom is 0.00314 e. The minimum atomic E-state index is 1.15. The van der Waals surface area contributed by atoms with Crippen LogP contribution in [0.25, 0.3) is 0 Å². The van der Waals surface area contributed by atoms with Crippen LogP contribution in [0.4, 0.5) is 0 Å². The van der Waals surface area contributed by atoms with Crippen molar-refractivity contribution in [3.05, 3.63) is 12.2 Å². The molecule has 0 saturated heterocycles. The number of hydrogen-bond acceptors (Lipinski definition) is 0. The number of alkyl halides is 1. The van der Waals surface area contributed by atoms with Gasteiger partial charge in [0.25, 0.3) is 0 Å². The van der Waals surface area contributed by atoms with Crippen LogP contribution in [0.5, 0.6) is 0 Å². The fraction of sp³-hybridized carbons (Fsp3) is 0.833. The first kappa shape index (κ1) is 13.2. The smallest absolute Gasteiger partial charge is 0.00314 e. The van der Waals surface area contributed by atoms with Gasteiger partial charge in [-0.3, -0.25) is 0 Å². The van der Waals surface area contributed by atoms with Gasteiger partial charge in [0.15, 0.2) is 0 Å². The summed E-state index contributed by atoms with van der Waals surface area (Å²) >= 11 is 3.44. The van der Waals surface area contributed by atoms with Gasteiger partial charge in [-0.05, 0) is 32.1 Å². The van der Waals surface area contributed by atoms with Crippen molar-refractivity contribution in [3.63, 3.8) is 0 Å². The number of unbranched alkanes of at least 4 members (excludes halogenated alkanes) is 6. The molecule has 0 atom stereocenters. The largest absolute Gasteiger partial charge is 0.0928 e. The normalized spacial score (nSPS) is 11.2. The molecule has 0 aromatic carbocycles. The lowest BCUT2D eigenvalue weighted by Crippen LogP contribution is -1.75. The molecule has 0 heterocycles. The Morgan fingerprint density at radius 2 is 1.46 bits per heavy atom. The first-order chi connectivity index (χ1) is 6.41. The van der Waals surface area contributed by atoms with Crippen LogP contribution in [-0.4, -0.2) is 5.33 Å². The third-order valence-electron chi connectivity index (χ3n) is 2.15. The van der Waals surface area contributed by atoms with Crippen molar-refractivity contribution < 1.29 is 0 Å². The minimum absolute atomic E-state index is 1.15. The Morgan fingerprint density at radius 1 is 0.846 bits per heavy atom. The molecule has 0 unspecified atom stereocenters. The van der Waals surface area contributed by atoms with Crippen LogP contribution in [0.3, 0.4) is 0 Å². The predicted molar refractivity (Wildman–Crippen MR) is 65.5 cm³/mol. The van der Waals surface area contributed by atoms with Gasteiger partial charge >= 0.3 is 0 Å². The second kappa shape index (κ2) is 12.2. The molecular weight excluding hydrogens is 224 g/mol. The first-order valence-electron chi connectivity index (χ1n) is 5.62. The fourth-order valence-corrected chi connectivity index (χ4v) is 1.68. The predicted octanol–water partition coefficient (Wildman–Crippen LogP) is 5.08. The Hall–Kier alpha value is 0.220. The summed E-state index contributed by atoms with van der Waals surface area (Å²) in [6, 6.07) is 0. The van der Waals surface area contributed by atoms with Crippen molar-refractivity contribution in [2.45, 2.75) is 58.3 Å². The van der Waals surface area contributed by atoms with Crippen LogP contribution in [0.2, 0.25) is 0 Å². The standard InChI is InChI=1S/C12H23Br/c1-2-3-4-5-6-7-8-9-10-11-12-13/h7-8H,2-6,9-12H2,1H3/b8-7-. The molecule has 0 aliphatic carbocycles. The third-order valence-corrected chi connectivity index (χ3v) is 2.71. The van der Waals surface area contributed by atoms with Crippen LogP contribution < -0.4 is 0 Å². The highest BCUT2D eigenvalue weighted by molar-refractivity contribution is 9.09. The Kier molecular flexibility index (Phi) is 12.4. The number of allylic oxidation sites excluding steroid dienone is 2. The topological polar surface area (TPSA) is 0 Å². The van der Waals surface area contributed by atoms with Crippen molar-refractivity contribution >= 4 is 15.9 Å².